The van der Waals surface area contributed by atoms with E-state index >= 15 is 0 Å². The number of carbonyl (C=O) groups is 1. The maximum Gasteiger partial charge on any atom is 0.271 e. The molecule has 0 unspecified atom stereocenters. The summed E-state index contributed by atoms with van der Waals surface area (Å²) in [6.07, 6.45) is 0.690. The van der Waals surface area contributed by atoms with Crippen LogP contribution in [0.3, 0.4) is 0 Å². The molecular formula is C15H18ClN3OS. The lowest BCUT2D eigenvalue weighted by Gasteiger charge is -2.26. The molecule has 21 heavy (non-hydrogen) atoms. The summed E-state index contributed by atoms with van der Waals surface area (Å²) in [5, 5.41) is 6.27. The summed E-state index contributed by atoms with van der Waals surface area (Å²) in [6.45, 7) is 4.40. The first-order valence-corrected chi connectivity index (χ1v) is 7.91. The molecule has 3 N–H and O–H groups in total. The van der Waals surface area contributed by atoms with E-state index in [-0.39, 0.29) is 5.91 Å². The number of rotatable bonds is 5. The van der Waals surface area contributed by atoms with Crippen molar-refractivity contribution in [2.75, 3.05) is 6.54 Å². The molecule has 2 rings (SSSR count). The summed E-state index contributed by atoms with van der Waals surface area (Å²) in [6, 6.07) is 7.46. The third kappa shape index (κ3) is 4.03. The Balaban J connectivity index is 2.13. The highest BCUT2D eigenvalue weighted by Gasteiger charge is 2.24. The number of thiazole rings is 1. The van der Waals surface area contributed by atoms with E-state index in [0.717, 1.165) is 10.6 Å². The smallest absolute Gasteiger partial charge is 0.271 e. The molecule has 0 radical (unpaired) electrons. The second-order valence-corrected chi connectivity index (χ2v) is 6.63. The van der Waals surface area contributed by atoms with E-state index in [4.69, 9.17) is 17.3 Å². The quantitative estimate of drug-likeness (QED) is 0.889. The molecule has 1 aromatic carbocycles. The van der Waals surface area contributed by atoms with Gasteiger partial charge in [-0.05, 0) is 38.1 Å². The summed E-state index contributed by atoms with van der Waals surface area (Å²) in [5.74, 6) is -0.195. The Kier molecular flexibility index (Phi) is 4.98. The van der Waals surface area contributed by atoms with E-state index in [1.807, 2.05) is 38.1 Å². The van der Waals surface area contributed by atoms with Gasteiger partial charge in [0.2, 0.25) is 0 Å². The van der Waals surface area contributed by atoms with Gasteiger partial charge in [0, 0.05) is 16.8 Å². The van der Waals surface area contributed by atoms with Crippen molar-refractivity contribution in [2.45, 2.75) is 25.8 Å². The molecule has 0 spiro atoms. The third-order valence-corrected chi connectivity index (χ3v) is 4.26. The van der Waals surface area contributed by atoms with Crippen molar-refractivity contribution >= 4 is 28.8 Å². The summed E-state index contributed by atoms with van der Waals surface area (Å²) < 4.78 is 0. The van der Waals surface area contributed by atoms with Crippen molar-refractivity contribution in [3.8, 4) is 0 Å². The lowest BCUT2D eigenvalue weighted by Crippen LogP contribution is -2.41. The number of hydrogen-bond donors (Lipinski definition) is 2. The molecule has 112 valence electrons. The summed E-state index contributed by atoms with van der Waals surface area (Å²) in [5.41, 5.74) is 6.34. The number of carbonyl (C=O) groups excluding carboxylic acids is 1. The Bertz CT molecular complexity index is 639. The fourth-order valence-corrected chi connectivity index (χ4v) is 2.94. The van der Waals surface area contributed by atoms with Gasteiger partial charge in [-0.3, -0.25) is 4.79 Å². The molecule has 4 nitrogen and oxygen atoms in total. The normalized spacial score (nSPS) is 11.4. The average molecular weight is 324 g/mol. The van der Waals surface area contributed by atoms with Crippen molar-refractivity contribution < 1.29 is 4.79 Å². The van der Waals surface area contributed by atoms with Gasteiger partial charge in [0.25, 0.3) is 5.91 Å². The molecular weight excluding hydrogens is 306 g/mol. The molecule has 0 bridgehead atoms. The molecule has 1 aromatic heterocycles. The van der Waals surface area contributed by atoms with Crippen molar-refractivity contribution in [2.24, 2.45) is 5.73 Å². The lowest BCUT2D eigenvalue weighted by atomic mass is 9.94. The Hall–Kier alpha value is -1.43. The van der Waals surface area contributed by atoms with Crippen molar-refractivity contribution in [1.29, 1.82) is 0 Å². The van der Waals surface area contributed by atoms with Crippen LogP contribution < -0.4 is 11.1 Å². The molecule has 0 fully saturated rings. The van der Waals surface area contributed by atoms with E-state index in [9.17, 15) is 4.79 Å². The van der Waals surface area contributed by atoms with Gasteiger partial charge < -0.3 is 11.1 Å². The molecule has 2 aromatic rings. The monoisotopic (exact) mass is 323 g/mol. The van der Waals surface area contributed by atoms with Gasteiger partial charge in [0.15, 0.2) is 0 Å². The first kappa shape index (κ1) is 15.9. The Morgan fingerprint density at radius 1 is 1.48 bits per heavy atom. The predicted molar refractivity (Wildman–Crippen MR) is 86.8 cm³/mol. The molecule has 1 amide bonds. The first-order chi connectivity index (χ1) is 9.92. The van der Waals surface area contributed by atoms with E-state index < -0.39 is 5.54 Å². The van der Waals surface area contributed by atoms with Crippen LogP contribution in [0.15, 0.2) is 29.6 Å². The van der Waals surface area contributed by atoms with E-state index in [1.54, 1.807) is 5.38 Å². The predicted octanol–water partition coefficient (Wildman–Crippen LogP) is 2.96. The summed E-state index contributed by atoms with van der Waals surface area (Å²) >= 11 is 7.46. The number of halogens is 1. The molecule has 6 heteroatoms. The molecule has 0 aliphatic rings. The minimum absolute atomic E-state index is 0.195. The SMILES string of the molecule is CC(C)(NC(=O)c1csc(CCN)n1)c1cccc(Cl)c1. The maximum atomic E-state index is 12.3. The van der Waals surface area contributed by atoms with Crippen LogP contribution in [0, 0.1) is 0 Å². The van der Waals surface area contributed by atoms with Crippen molar-refractivity contribution in [1.82, 2.24) is 10.3 Å². The number of aromatic nitrogens is 1. The van der Waals surface area contributed by atoms with Crippen LogP contribution in [0.25, 0.3) is 0 Å². The van der Waals surface area contributed by atoms with Crippen LogP contribution in [0.4, 0.5) is 0 Å². The minimum Gasteiger partial charge on any atom is -0.342 e. The first-order valence-electron chi connectivity index (χ1n) is 6.65. The van der Waals surface area contributed by atoms with Crippen LogP contribution >= 0.6 is 22.9 Å². The second-order valence-electron chi connectivity index (χ2n) is 5.25. The number of hydrogen-bond acceptors (Lipinski definition) is 4. The topological polar surface area (TPSA) is 68.0 Å². The molecule has 0 saturated carbocycles. The summed E-state index contributed by atoms with van der Waals surface area (Å²) in [7, 11) is 0. The maximum absolute atomic E-state index is 12.3. The lowest BCUT2D eigenvalue weighted by molar-refractivity contribution is 0.0907. The number of amides is 1. The van der Waals surface area contributed by atoms with Crippen LogP contribution in [-0.4, -0.2) is 17.4 Å². The van der Waals surface area contributed by atoms with Gasteiger partial charge in [0.1, 0.15) is 5.69 Å². The van der Waals surface area contributed by atoms with E-state index in [1.165, 1.54) is 11.3 Å². The number of nitrogens with two attached hydrogens (primary N) is 1. The Morgan fingerprint density at radius 2 is 2.24 bits per heavy atom. The van der Waals surface area contributed by atoms with Gasteiger partial charge in [-0.25, -0.2) is 4.98 Å². The second kappa shape index (κ2) is 6.56. The molecule has 1 heterocycles. The van der Waals surface area contributed by atoms with Crippen LogP contribution in [0.2, 0.25) is 5.02 Å². The zero-order valence-electron chi connectivity index (χ0n) is 12.0. The molecule has 0 atom stereocenters. The van der Waals surface area contributed by atoms with Crippen LogP contribution in [0.1, 0.15) is 34.9 Å². The molecule has 0 aliphatic heterocycles. The minimum atomic E-state index is -0.528. The average Bonchev–Trinajstić information content (AvgIpc) is 2.87. The summed E-state index contributed by atoms with van der Waals surface area (Å²) in [4.78, 5) is 16.6. The number of nitrogens with zero attached hydrogens (tertiary/aromatic N) is 1. The Morgan fingerprint density at radius 3 is 2.90 bits per heavy atom. The highest BCUT2D eigenvalue weighted by atomic mass is 35.5. The van der Waals surface area contributed by atoms with Gasteiger partial charge in [-0.1, -0.05) is 23.7 Å². The fraction of sp³-hybridized carbons (Fsp3) is 0.333. The van der Waals surface area contributed by atoms with Gasteiger partial charge in [-0.15, -0.1) is 11.3 Å². The van der Waals surface area contributed by atoms with E-state index in [0.29, 0.717) is 23.7 Å². The molecule has 0 aliphatic carbocycles. The van der Waals surface area contributed by atoms with Crippen LogP contribution in [0.5, 0.6) is 0 Å². The largest absolute Gasteiger partial charge is 0.342 e. The third-order valence-electron chi connectivity index (χ3n) is 3.11. The fourth-order valence-electron chi connectivity index (χ4n) is 1.95. The van der Waals surface area contributed by atoms with Crippen molar-refractivity contribution in [3.05, 3.63) is 50.9 Å². The van der Waals surface area contributed by atoms with E-state index in [2.05, 4.69) is 10.3 Å². The zero-order chi connectivity index (χ0) is 15.5. The van der Waals surface area contributed by atoms with Crippen LogP contribution in [-0.2, 0) is 12.0 Å². The highest BCUT2D eigenvalue weighted by molar-refractivity contribution is 7.09. The number of benzene rings is 1. The molecule has 0 saturated heterocycles. The van der Waals surface area contributed by atoms with Gasteiger partial charge in [0.05, 0.1) is 10.5 Å². The van der Waals surface area contributed by atoms with Gasteiger partial charge >= 0.3 is 0 Å². The Labute approximate surface area is 133 Å². The number of nitrogens with one attached hydrogen (secondary N) is 1. The highest BCUT2D eigenvalue weighted by Crippen LogP contribution is 2.23. The van der Waals surface area contributed by atoms with Crippen molar-refractivity contribution in [3.63, 3.8) is 0 Å². The standard InChI is InChI=1S/C15H18ClN3OS/c1-15(2,10-4-3-5-11(16)8-10)19-14(20)12-9-21-13(18-12)6-7-17/h3-5,8-9H,6-7,17H2,1-2H3,(H,19,20). The zero-order valence-corrected chi connectivity index (χ0v) is 13.6. The van der Waals surface area contributed by atoms with Gasteiger partial charge in [-0.2, -0.15) is 0 Å².